The van der Waals surface area contributed by atoms with Crippen LogP contribution in [0.25, 0.3) is 0 Å². The van der Waals surface area contributed by atoms with E-state index in [2.05, 4.69) is 15.3 Å². The summed E-state index contributed by atoms with van der Waals surface area (Å²) in [4.78, 5) is 20.1. The number of aryl methyl sites for hydroxylation is 1. The van der Waals surface area contributed by atoms with Gasteiger partial charge in [-0.1, -0.05) is 12.1 Å². The summed E-state index contributed by atoms with van der Waals surface area (Å²) in [6.07, 6.45) is 2.42. The fourth-order valence-electron chi connectivity index (χ4n) is 2.55. The Kier molecular flexibility index (Phi) is 3.90. The summed E-state index contributed by atoms with van der Waals surface area (Å²) in [5.74, 6) is 2.09. The largest absolute Gasteiger partial charge is 0.483 e. The molecule has 1 aromatic carbocycles. The van der Waals surface area contributed by atoms with Gasteiger partial charge in [0.05, 0.1) is 0 Å². The van der Waals surface area contributed by atoms with E-state index < -0.39 is 0 Å². The number of amides is 1. The molecule has 0 unspecified atom stereocenters. The maximum Gasteiger partial charge on any atom is 0.263 e. The van der Waals surface area contributed by atoms with Crippen molar-refractivity contribution < 1.29 is 14.3 Å². The molecule has 0 bridgehead atoms. The van der Waals surface area contributed by atoms with Crippen LogP contribution in [0.3, 0.4) is 0 Å². The molecule has 2 heterocycles. The lowest BCUT2D eigenvalue weighted by molar-refractivity contribution is -0.118. The van der Waals surface area contributed by atoms with Crippen LogP contribution in [0, 0.1) is 6.92 Å². The monoisotopic (exact) mass is 313 g/mol. The maximum atomic E-state index is 12.0. The predicted octanol–water partition coefficient (Wildman–Crippen LogP) is 2.52. The van der Waals surface area contributed by atoms with Crippen molar-refractivity contribution in [3.63, 3.8) is 0 Å². The van der Waals surface area contributed by atoms with Crippen LogP contribution in [0.1, 0.15) is 25.2 Å². The van der Waals surface area contributed by atoms with Gasteiger partial charge in [-0.3, -0.25) is 4.79 Å². The normalized spacial score (nSPS) is 14.7. The van der Waals surface area contributed by atoms with E-state index in [-0.39, 0.29) is 18.1 Å². The number of carbonyl (C=O) groups excluding carboxylic acids is 1. The second-order valence-corrected chi connectivity index (χ2v) is 6.11. The number of nitrogens with zero attached hydrogens (tertiary/aromatic N) is 2. The van der Waals surface area contributed by atoms with Crippen molar-refractivity contribution in [1.29, 1.82) is 0 Å². The van der Waals surface area contributed by atoms with Crippen molar-refractivity contribution in [2.24, 2.45) is 0 Å². The predicted molar refractivity (Wildman–Crippen MR) is 85.7 cm³/mol. The number of benzene rings is 1. The van der Waals surface area contributed by atoms with Gasteiger partial charge < -0.3 is 14.8 Å². The summed E-state index contributed by atoms with van der Waals surface area (Å²) in [5.41, 5.74) is 0.849. The van der Waals surface area contributed by atoms with Crippen LogP contribution in [0.15, 0.2) is 30.5 Å². The Labute approximate surface area is 134 Å². The van der Waals surface area contributed by atoms with Gasteiger partial charge in [0.25, 0.3) is 5.91 Å². The first kappa shape index (κ1) is 15.3. The lowest BCUT2D eigenvalue weighted by atomic mass is 10.0. The smallest absolute Gasteiger partial charge is 0.263 e. The minimum Gasteiger partial charge on any atom is -0.483 e. The maximum absolute atomic E-state index is 12.0. The molecule has 1 N–H and O–H groups in total. The zero-order valence-electron chi connectivity index (χ0n) is 13.4. The van der Waals surface area contributed by atoms with E-state index in [9.17, 15) is 4.79 Å². The Morgan fingerprint density at radius 2 is 2.22 bits per heavy atom. The standard InChI is InChI=1S/C17H19N3O3/c1-11-18-8-7-14(19-11)20-15(21)10-22-13-6-4-5-12-9-17(2,3)23-16(12)13/h4-8H,9-10H2,1-3H3,(H,18,19,20,21). The van der Waals surface area contributed by atoms with Gasteiger partial charge in [-0.05, 0) is 32.9 Å². The van der Waals surface area contributed by atoms with E-state index in [1.165, 1.54) is 0 Å². The molecule has 0 atom stereocenters. The highest BCUT2D eigenvalue weighted by molar-refractivity contribution is 5.90. The number of hydrogen-bond acceptors (Lipinski definition) is 5. The SMILES string of the molecule is Cc1nccc(NC(=O)COc2cccc3c2OC(C)(C)C3)n1. The molecular formula is C17H19N3O3. The molecule has 1 aliphatic rings. The van der Waals surface area contributed by atoms with Crippen LogP contribution in [-0.2, 0) is 11.2 Å². The van der Waals surface area contributed by atoms with Crippen LogP contribution >= 0.6 is 0 Å². The number of carbonyl (C=O) groups is 1. The Morgan fingerprint density at radius 1 is 1.39 bits per heavy atom. The van der Waals surface area contributed by atoms with Crippen LogP contribution in [0.5, 0.6) is 11.5 Å². The summed E-state index contributed by atoms with van der Waals surface area (Å²) < 4.78 is 11.5. The first-order valence-electron chi connectivity index (χ1n) is 7.46. The minimum absolute atomic E-state index is 0.108. The fourth-order valence-corrected chi connectivity index (χ4v) is 2.55. The van der Waals surface area contributed by atoms with Gasteiger partial charge in [0.2, 0.25) is 0 Å². The highest BCUT2D eigenvalue weighted by atomic mass is 16.5. The summed E-state index contributed by atoms with van der Waals surface area (Å²) in [7, 11) is 0. The molecular weight excluding hydrogens is 294 g/mol. The quantitative estimate of drug-likeness (QED) is 0.939. The molecule has 1 aliphatic heterocycles. The Balaban J connectivity index is 1.63. The van der Waals surface area contributed by atoms with Crippen LogP contribution < -0.4 is 14.8 Å². The molecule has 3 rings (SSSR count). The van der Waals surface area contributed by atoms with Crippen molar-refractivity contribution in [2.45, 2.75) is 32.8 Å². The Hall–Kier alpha value is -2.63. The van der Waals surface area contributed by atoms with Gasteiger partial charge in [-0.2, -0.15) is 0 Å². The molecule has 120 valence electrons. The van der Waals surface area contributed by atoms with Crippen molar-refractivity contribution in [2.75, 3.05) is 11.9 Å². The third-order valence-corrected chi connectivity index (χ3v) is 3.46. The first-order chi connectivity index (χ1) is 10.9. The zero-order chi connectivity index (χ0) is 16.4. The number of ether oxygens (including phenoxy) is 2. The van der Waals surface area contributed by atoms with E-state index in [4.69, 9.17) is 9.47 Å². The average Bonchev–Trinajstić information content (AvgIpc) is 2.79. The van der Waals surface area contributed by atoms with E-state index in [0.29, 0.717) is 17.4 Å². The number of nitrogens with one attached hydrogen (secondary N) is 1. The van der Waals surface area contributed by atoms with Gasteiger partial charge in [-0.15, -0.1) is 0 Å². The summed E-state index contributed by atoms with van der Waals surface area (Å²) >= 11 is 0. The Morgan fingerprint density at radius 3 is 3.00 bits per heavy atom. The first-order valence-corrected chi connectivity index (χ1v) is 7.46. The molecule has 6 nitrogen and oxygen atoms in total. The summed E-state index contributed by atoms with van der Waals surface area (Å²) in [6, 6.07) is 7.37. The summed E-state index contributed by atoms with van der Waals surface area (Å²) in [5, 5.41) is 2.68. The van der Waals surface area contributed by atoms with E-state index >= 15 is 0 Å². The van der Waals surface area contributed by atoms with Gasteiger partial charge in [0.15, 0.2) is 18.1 Å². The van der Waals surface area contributed by atoms with Gasteiger partial charge >= 0.3 is 0 Å². The lowest BCUT2D eigenvalue weighted by Crippen LogP contribution is -2.25. The second kappa shape index (κ2) is 5.87. The highest BCUT2D eigenvalue weighted by Gasteiger charge is 2.32. The molecule has 1 aromatic heterocycles. The van der Waals surface area contributed by atoms with Gasteiger partial charge in [0.1, 0.15) is 17.2 Å². The molecule has 0 spiro atoms. The zero-order valence-corrected chi connectivity index (χ0v) is 13.4. The number of aromatic nitrogens is 2. The van der Waals surface area contributed by atoms with Crippen molar-refractivity contribution in [3.8, 4) is 11.5 Å². The number of anilines is 1. The number of para-hydroxylation sites is 1. The van der Waals surface area contributed by atoms with Crippen molar-refractivity contribution >= 4 is 11.7 Å². The molecule has 2 aromatic rings. The van der Waals surface area contributed by atoms with Crippen molar-refractivity contribution in [1.82, 2.24) is 9.97 Å². The lowest BCUT2D eigenvalue weighted by Gasteiger charge is -2.18. The van der Waals surface area contributed by atoms with Gasteiger partial charge in [-0.25, -0.2) is 9.97 Å². The molecule has 1 amide bonds. The highest BCUT2D eigenvalue weighted by Crippen LogP contribution is 2.41. The van der Waals surface area contributed by atoms with Gasteiger partial charge in [0, 0.05) is 18.2 Å². The molecule has 0 aliphatic carbocycles. The van der Waals surface area contributed by atoms with E-state index in [1.54, 1.807) is 19.2 Å². The number of hydrogen-bond donors (Lipinski definition) is 1. The molecule has 0 radical (unpaired) electrons. The summed E-state index contributed by atoms with van der Waals surface area (Å²) in [6.45, 7) is 5.71. The third-order valence-electron chi connectivity index (χ3n) is 3.46. The second-order valence-electron chi connectivity index (χ2n) is 6.11. The molecule has 6 heteroatoms. The molecule has 23 heavy (non-hydrogen) atoms. The molecule has 0 saturated carbocycles. The van der Waals surface area contributed by atoms with Crippen LogP contribution in [0.4, 0.5) is 5.82 Å². The fraction of sp³-hybridized carbons (Fsp3) is 0.353. The number of fused-ring (bicyclic) bond motifs is 1. The third kappa shape index (κ3) is 3.59. The molecule has 0 fully saturated rings. The van der Waals surface area contributed by atoms with Crippen LogP contribution in [-0.4, -0.2) is 28.1 Å². The number of rotatable bonds is 4. The Bertz CT molecular complexity index is 744. The van der Waals surface area contributed by atoms with Crippen molar-refractivity contribution in [3.05, 3.63) is 41.9 Å². The molecule has 0 saturated heterocycles. The van der Waals surface area contributed by atoms with E-state index in [0.717, 1.165) is 17.7 Å². The van der Waals surface area contributed by atoms with Crippen LogP contribution in [0.2, 0.25) is 0 Å². The topological polar surface area (TPSA) is 73.3 Å². The minimum atomic E-state index is -0.280. The van der Waals surface area contributed by atoms with E-state index in [1.807, 2.05) is 32.0 Å². The average molecular weight is 313 g/mol.